The normalized spacial score (nSPS) is 10.4. The largest absolute Gasteiger partial charge is 0.482 e. The summed E-state index contributed by atoms with van der Waals surface area (Å²) in [5, 5.41) is 6.76. The number of anilines is 1. The fourth-order valence-electron chi connectivity index (χ4n) is 2.25. The van der Waals surface area contributed by atoms with Gasteiger partial charge >= 0.3 is 0 Å². The number of aromatic nitrogens is 3. The van der Waals surface area contributed by atoms with Crippen LogP contribution < -0.4 is 15.4 Å². The quantitative estimate of drug-likeness (QED) is 0.562. The Morgan fingerprint density at radius 3 is 2.70 bits per heavy atom. The third-order valence-corrected chi connectivity index (χ3v) is 4.06. The SMILES string of the molecule is O=C(COc1ccc(Cl)cc1Cl)NCCNc1cc(-n2cccc2)ncn1. The minimum absolute atomic E-state index is 0.132. The minimum Gasteiger partial charge on any atom is -0.482 e. The zero-order valence-corrected chi connectivity index (χ0v) is 15.7. The van der Waals surface area contributed by atoms with Gasteiger partial charge in [-0.3, -0.25) is 4.79 Å². The van der Waals surface area contributed by atoms with Crippen molar-refractivity contribution in [2.45, 2.75) is 0 Å². The van der Waals surface area contributed by atoms with E-state index in [1.165, 1.54) is 6.33 Å². The lowest BCUT2D eigenvalue weighted by Crippen LogP contribution is -2.32. The van der Waals surface area contributed by atoms with E-state index >= 15 is 0 Å². The fraction of sp³-hybridized carbons (Fsp3) is 0.167. The fourth-order valence-corrected chi connectivity index (χ4v) is 2.71. The molecule has 9 heteroatoms. The summed E-state index contributed by atoms with van der Waals surface area (Å²) < 4.78 is 7.26. The molecule has 0 aliphatic rings. The molecular weight excluding hydrogens is 389 g/mol. The number of carbonyl (C=O) groups is 1. The van der Waals surface area contributed by atoms with E-state index in [9.17, 15) is 4.79 Å². The summed E-state index contributed by atoms with van der Waals surface area (Å²) in [6, 6.07) is 10.5. The smallest absolute Gasteiger partial charge is 0.258 e. The Balaban J connectivity index is 1.40. The molecule has 3 rings (SSSR count). The van der Waals surface area contributed by atoms with Gasteiger partial charge in [-0.05, 0) is 30.3 Å². The molecule has 0 unspecified atom stereocenters. The zero-order chi connectivity index (χ0) is 19.1. The summed E-state index contributed by atoms with van der Waals surface area (Å²) in [7, 11) is 0. The maximum absolute atomic E-state index is 11.9. The first kappa shape index (κ1) is 19.0. The van der Waals surface area contributed by atoms with Gasteiger partial charge in [-0.2, -0.15) is 0 Å². The van der Waals surface area contributed by atoms with Crippen molar-refractivity contribution < 1.29 is 9.53 Å². The second-order valence-electron chi connectivity index (χ2n) is 5.49. The average Bonchev–Trinajstić information content (AvgIpc) is 3.20. The van der Waals surface area contributed by atoms with E-state index in [1.807, 2.05) is 35.2 Å². The standard InChI is InChI=1S/C18H17Cl2N5O2/c19-13-3-4-15(14(20)9-13)27-11-18(26)22-6-5-21-16-10-17(24-12-23-16)25-7-1-2-8-25/h1-4,7-10,12H,5-6,11H2,(H,22,26)(H,21,23,24). The van der Waals surface area contributed by atoms with E-state index in [-0.39, 0.29) is 12.5 Å². The van der Waals surface area contributed by atoms with Gasteiger partial charge in [-0.25, -0.2) is 9.97 Å². The molecular formula is C18H17Cl2N5O2. The Kier molecular flexibility index (Phi) is 6.51. The highest BCUT2D eigenvalue weighted by Gasteiger charge is 2.06. The molecule has 1 aromatic carbocycles. The summed E-state index contributed by atoms with van der Waals surface area (Å²) in [5.74, 6) is 1.59. The van der Waals surface area contributed by atoms with Crippen molar-refractivity contribution in [3.05, 3.63) is 65.2 Å². The van der Waals surface area contributed by atoms with Crippen LogP contribution in [0.25, 0.3) is 5.82 Å². The Morgan fingerprint density at radius 1 is 1.11 bits per heavy atom. The molecule has 3 aromatic rings. The van der Waals surface area contributed by atoms with Gasteiger partial charge in [-0.15, -0.1) is 0 Å². The molecule has 140 valence electrons. The van der Waals surface area contributed by atoms with Crippen LogP contribution in [-0.4, -0.2) is 40.1 Å². The molecule has 0 aliphatic heterocycles. The van der Waals surface area contributed by atoms with E-state index in [0.29, 0.717) is 34.7 Å². The predicted octanol–water partition coefficient (Wildman–Crippen LogP) is 3.18. The summed E-state index contributed by atoms with van der Waals surface area (Å²) in [4.78, 5) is 20.2. The molecule has 0 radical (unpaired) electrons. The number of amides is 1. The first-order valence-corrected chi connectivity index (χ1v) is 8.91. The van der Waals surface area contributed by atoms with Crippen LogP contribution >= 0.6 is 23.2 Å². The van der Waals surface area contributed by atoms with Gasteiger partial charge in [0.2, 0.25) is 0 Å². The Hall–Kier alpha value is -2.77. The lowest BCUT2D eigenvalue weighted by Gasteiger charge is -2.10. The van der Waals surface area contributed by atoms with Crippen LogP contribution in [0.4, 0.5) is 5.82 Å². The van der Waals surface area contributed by atoms with Crippen LogP contribution in [0.5, 0.6) is 5.75 Å². The van der Waals surface area contributed by atoms with Gasteiger partial charge in [0, 0.05) is 36.6 Å². The maximum atomic E-state index is 11.9. The van der Waals surface area contributed by atoms with Gasteiger partial charge < -0.3 is 19.9 Å². The maximum Gasteiger partial charge on any atom is 0.258 e. The van der Waals surface area contributed by atoms with Crippen molar-refractivity contribution in [3.63, 3.8) is 0 Å². The molecule has 1 amide bonds. The van der Waals surface area contributed by atoms with Gasteiger partial charge in [0.15, 0.2) is 6.61 Å². The van der Waals surface area contributed by atoms with Crippen LogP contribution in [0.1, 0.15) is 0 Å². The van der Waals surface area contributed by atoms with Crippen LogP contribution in [-0.2, 0) is 4.79 Å². The number of nitrogens with one attached hydrogen (secondary N) is 2. The molecule has 2 aromatic heterocycles. The van der Waals surface area contributed by atoms with Crippen molar-refractivity contribution >= 4 is 34.9 Å². The third-order valence-electron chi connectivity index (χ3n) is 3.53. The molecule has 0 fully saturated rings. The van der Waals surface area contributed by atoms with Crippen LogP contribution in [0.3, 0.4) is 0 Å². The Bertz CT molecular complexity index is 903. The number of nitrogens with zero attached hydrogens (tertiary/aromatic N) is 3. The second-order valence-corrected chi connectivity index (χ2v) is 6.34. The predicted molar refractivity (Wildman–Crippen MR) is 105 cm³/mol. The van der Waals surface area contributed by atoms with Crippen LogP contribution in [0, 0.1) is 0 Å². The number of carbonyl (C=O) groups excluding carboxylic acids is 1. The third kappa shape index (κ3) is 5.60. The summed E-state index contributed by atoms with van der Waals surface area (Å²) in [6.45, 7) is 0.793. The molecule has 2 N–H and O–H groups in total. The number of halogens is 2. The first-order chi connectivity index (χ1) is 13.1. The second kappa shape index (κ2) is 9.25. The van der Waals surface area contributed by atoms with Crippen molar-refractivity contribution in [2.75, 3.05) is 25.0 Å². The lowest BCUT2D eigenvalue weighted by atomic mass is 10.3. The van der Waals surface area contributed by atoms with Gasteiger partial charge in [0.25, 0.3) is 5.91 Å². The van der Waals surface area contributed by atoms with E-state index in [0.717, 1.165) is 5.82 Å². The Morgan fingerprint density at radius 2 is 1.93 bits per heavy atom. The average molecular weight is 406 g/mol. The monoisotopic (exact) mass is 405 g/mol. The highest BCUT2D eigenvalue weighted by atomic mass is 35.5. The van der Waals surface area contributed by atoms with Crippen molar-refractivity contribution in [1.29, 1.82) is 0 Å². The van der Waals surface area contributed by atoms with Gasteiger partial charge in [-0.1, -0.05) is 23.2 Å². The molecule has 7 nitrogen and oxygen atoms in total. The molecule has 0 spiro atoms. The molecule has 0 saturated carbocycles. The Labute approximate surface area is 166 Å². The number of hydrogen-bond acceptors (Lipinski definition) is 5. The minimum atomic E-state index is -0.251. The molecule has 0 atom stereocenters. The summed E-state index contributed by atoms with van der Waals surface area (Å²) >= 11 is 11.8. The molecule has 27 heavy (non-hydrogen) atoms. The van der Waals surface area contributed by atoms with E-state index in [4.69, 9.17) is 27.9 Å². The topological polar surface area (TPSA) is 81.1 Å². The van der Waals surface area contributed by atoms with Crippen molar-refractivity contribution in [2.24, 2.45) is 0 Å². The van der Waals surface area contributed by atoms with E-state index in [2.05, 4.69) is 20.6 Å². The highest BCUT2D eigenvalue weighted by molar-refractivity contribution is 6.35. The molecule has 0 saturated heterocycles. The highest BCUT2D eigenvalue weighted by Crippen LogP contribution is 2.27. The number of ether oxygens (including phenoxy) is 1. The molecule has 0 aliphatic carbocycles. The zero-order valence-electron chi connectivity index (χ0n) is 14.2. The number of rotatable bonds is 8. The van der Waals surface area contributed by atoms with Crippen molar-refractivity contribution in [1.82, 2.24) is 19.9 Å². The number of hydrogen-bond donors (Lipinski definition) is 2. The van der Waals surface area contributed by atoms with Crippen molar-refractivity contribution in [3.8, 4) is 11.6 Å². The lowest BCUT2D eigenvalue weighted by molar-refractivity contribution is -0.123. The molecule has 0 bridgehead atoms. The number of benzene rings is 1. The summed E-state index contributed by atoms with van der Waals surface area (Å²) in [6.07, 6.45) is 5.29. The van der Waals surface area contributed by atoms with E-state index < -0.39 is 0 Å². The first-order valence-electron chi connectivity index (χ1n) is 8.15. The molecule has 2 heterocycles. The summed E-state index contributed by atoms with van der Waals surface area (Å²) in [5.41, 5.74) is 0. The van der Waals surface area contributed by atoms with Crippen LogP contribution in [0.2, 0.25) is 10.0 Å². The van der Waals surface area contributed by atoms with Crippen LogP contribution in [0.15, 0.2) is 55.1 Å². The van der Waals surface area contributed by atoms with E-state index in [1.54, 1.807) is 18.2 Å². The van der Waals surface area contributed by atoms with Gasteiger partial charge in [0.05, 0.1) is 5.02 Å². The van der Waals surface area contributed by atoms with Gasteiger partial charge in [0.1, 0.15) is 23.7 Å².